The summed E-state index contributed by atoms with van der Waals surface area (Å²) in [6.45, 7) is 4.87. The summed E-state index contributed by atoms with van der Waals surface area (Å²) in [6, 6.07) is 7.16. The minimum Gasteiger partial charge on any atom is -0.314 e. The Labute approximate surface area is 112 Å². The third-order valence-corrected chi connectivity index (χ3v) is 5.30. The molecule has 0 spiro atoms. The molecule has 96 valence electrons. The van der Waals surface area contributed by atoms with Gasteiger partial charge in [-0.15, -0.1) is 0 Å². The van der Waals surface area contributed by atoms with Crippen LogP contribution in [-0.2, 0) is 9.84 Å². The molecule has 3 nitrogen and oxygen atoms in total. The van der Waals surface area contributed by atoms with Gasteiger partial charge in [-0.25, -0.2) is 8.42 Å². The first-order valence-corrected chi connectivity index (χ1v) is 8.12. The largest absolute Gasteiger partial charge is 0.314 e. The van der Waals surface area contributed by atoms with Crippen LogP contribution in [-0.4, -0.2) is 26.8 Å². The maximum atomic E-state index is 12.1. The molecule has 0 fully saturated rings. The number of nitrogens with one attached hydrogen (secondary N) is 1. The van der Waals surface area contributed by atoms with Gasteiger partial charge < -0.3 is 5.32 Å². The van der Waals surface area contributed by atoms with Crippen molar-refractivity contribution in [2.24, 2.45) is 0 Å². The van der Waals surface area contributed by atoms with Crippen molar-refractivity contribution in [3.05, 3.63) is 28.7 Å². The molecule has 0 saturated carbocycles. The fourth-order valence-corrected chi connectivity index (χ4v) is 4.15. The predicted octanol–water partition coefficient (Wildman–Crippen LogP) is 2.61. The van der Waals surface area contributed by atoms with Crippen LogP contribution in [0.4, 0.5) is 0 Å². The Kier molecular flexibility index (Phi) is 5.62. The van der Waals surface area contributed by atoms with Gasteiger partial charge in [0.05, 0.1) is 10.6 Å². The summed E-state index contributed by atoms with van der Waals surface area (Å²) in [5, 5.41) is 3.21. The third kappa shape index (κ3) is 4.41. The summed E-state index contributed by atoms with van der Waals surface area (Å²) in [5.41, 5.74) is 0. The van der Waals surface area contributed by atoms with Crippen LogP contribution in [0.5, 0.6) is 0 Å². The minimum atomic E-state index is -3.19. The zero-order chi connectivity index (χ0) is 12.9. The highest BCUT2D eigenvalue weighted by atomic mass is 79.9. The van der Waals surface area contributed by atoms with Crippen LogP contribution >= 0.6 is 15.9 Å². The van der Waals surface area contributed by atoms with E-state index in [-0.39, 0.29) is 11.8 Å². The molecule has 1 atom stereocenters. The van der Waals surface area contributed by atoms with Crippen molar-refractivity contribution in [2.75, 3.05) is 12.3 Å². The van der Waals surface area contributed by atoms with Crippen molar-refractivity contribution in [3.63, 3.8) is 0 Å². The van der Waals surface area contributed by atoms with Gasteiger partial charge in [0.1, 0.15) is 0 Å². The number of hydrogen-bond acceptors (Lipinski definition) is 3. The summed E-state index contributed by atoms with van der Waals surface area (Å²) in [7, 11) is -3.19. The van der Waals surface area contributed by atoms with Gasteiger partial charge in [0.25, 0.3) is 0 Å². The Hall–Kier alpha value is -0.390. The van der Waals surface area contributed by atoms with E-state index in [4.69, 9.17) is 0 Å². The van der Waals surface area contributed by atoms with Crippen molar-refractivity contribution in [1.82, 2.24) is 5.32 Å². The van der Waals surface area contributed by atoms with Crippen molar-refractivity contribution >= 4 is 25.8 Å². The first-order chi connectivity index (χ1) is 7.97. The normalized spacial score (nSPS) is 13.6. The highest BCUT2D eigenvalue weighted by Crippen LogP contribution is 2.22. The molecule has 0 aromatic heterocycles. The van der Waals surface area contributed by atoms with E-state index in [9.17, 15) is 8.42 Å². The average Bonchev–Trinajstić information content (AvgIpc) is 2.27. The van der Waals surface area contributed by atoms with Gasteiger partial charge >= 0.3 is 0 Å². The Morgan fingerprint density at radius 2 is 2.00 bits per heavy atom. The number of rotatable bonds is 6. The highest BCUT2D eigenvalue weighted by Gasteiger charge is 2.18. The number of halogens is 1. The Balaban J connectivity index is 2.73. The van der Waals surface area contributed by atoms with Crippen LogP contribution in [0.1, 0.15) is 20.3 Å². The molecule has 0 bridgehead atoms. The van der Waals surface area contributed by atoms with E-state index in [1.165, 1.54) is 0 Å². The molecule has 0 amide bonds. The van der Waals surface area contributed by atoms with Crippen molar-refractivity contribution < 1.29 is 8.42 Å². The van der Waals surface area contributed by atoms with Crippen LogP contribution in [0.3, 0.4) is 0 Å². The van der Waals surface area contributed by atoms with Gasteiger partial charge in [-0.2, -0.15) is 0 Å². The second-order valence-electron chi connectivity index (χ2n) is 4.00. The average molecular weight is 320 g/mol. The van der Waals surface area contributed by atoms with E-state index in [1.54, 1.807) is 18.2 Å². The molecule has 0 aliphatic rings. The molecule has 17 heavy (non-hydrogen) atoms. The van der Waals surface area contributed by atoms with E-state index >= 15 is 0 Å². The molecule has 0 radical (unpaired) electrons. The lowest BCUT2D eigenvalue weighted by atomic mass is 10.3. The summed E-state index contributed by atoms with van der Waals surface area (Å²) >= 11 is 3.28. The minimum absolute atomic E-state index is 0.170. The van der Waals surface area contributed by atoms with Crippen LogP contribution in [0, 0.1) is 0 Å². The molecular weight excluding hydrogens is 302 g/mol. The van der Waals surface area contributed by atoms with Crippen molar-refractivity contribution in [3.8, 4) is 0 Å². The maximum Gasteiger partial charge on any atom is 0.179 e. The predicted molar refractivity (Wildman–Crippen MR) is 74.0 cm³/mol. The van der Waals surface area contributed by atoms with E-state index in [1.807, 2.05) is 19.9 Å². The van der Waals surface area contributed by atoms with Crippen LogP contribution in [0.2, 0.25) is 0 Å². The monoisotopic (exact) mass is 319 g/mol. The maximum absolute atomic E-state index is 12.1. The molecular formula is C12H18BrNO2S. The topological polar surface area (TPSA) is 46.2 Å². The van der Waals surface area contributed by atoms with E-state index in [0.29, 0.717) is 15.8 Å². The van der Waals surface area contributed by atoms with Crippen LogP contribution < -0.4 is 5.32 Å². The summed E-state index contributed by atoms with van der Waals surface area (Å²) in [5.74, 6) is 0.170. The Bertz CT molecular complexity index is 459. The van der Waals surface area contributed by atoms with E-state index in [2.05, 4.69) is 21.2 Å². The summed E-state index contributed by atoms with van der Waals surface area (Å²) in [4.78, 5) is 0.378. The van der Waals surface area contributed by atoms with Gasteiger partial charge in [0.15, 0.2) is 9.84 Å². The summed E-state index contributed by atoms with van der Waals surface area (Å²) in [6.07, 6.45) is 0.623. The smallest absolute Gasteiger partial charge is 0.179 e. The lowest BCUT2D eigenvalue weighted by Crippen LogP contribution is -2.28. The molecule has 1 aromatic carbocycles. The third-order valence-electron chi connectivity index (χ3n) is 2.54. The fourth-order valence-electron chi connectivity index (χ4n) is 1.59. The lowest BCUT2D eigenvalue weighted by Gasteiger charge is -2.12. The molecule has 1 rings (SSSR count). The van der Waals surface area contributed by atoms with E-state index in [0.717, 1.165) is 6.54 Å². The van der Waals surface area contributed by atoms with Gasteiger partial charge in [0.2, 0.25) is 0 Å². The summed E-state index contributed by atoms with van der Waals surface area (Å²) < 4.78 is 24.8. The molecule has 0 aliphatic heterocycles. The molecule has 0 heterocycles. The molecule has 0 aliphatic carbocycles. The molecule has 1 unspecified atom stereocenters. The standard InChI is InChI=1S/C12H18BrNO2S/c1-3-14-10(2)8-9-17(15,16)12-7-5-4-6-11(12)13/h4-7,10,14H,3,8-9H2,1-2H3. The number of benzene rings is 1. The zero-order valence-corrected chi connectivity index (χ0v) is 12.5. The number of sulfone groups is 1. The first kappa shape index (κ1) is 14.7. The van der Waals surface area contributed by atoms with Crippen molar-refractivity contribution in [2.45, 2.75) is 31.2 Å². The number of hydrogen-bond donors (Lipinski definition) is 1. The van der Waals surface area contributed by atoms with Crippen LogP contribution in [0.25, 0.3) is 0 Å². The molecule has 5 heteroatoms. The molecule has 0 saturated heterocycles. The zero-order valence-electron chi connectivity index (χ0n) is 10.1. The molecule has 1 N–H and O–H groups in total. The second kappa shape index (κ2) is 6.52. The highest BCUT2D eigenvalue weighted by molar-refractivity contribution is 9.10. The Morgan fingerprint density at radius 1 is 1.35 bits per heavy atom. The van der Waals surface area contributed by atoms with E-state index < -0.39 is 9.84 Å². The fraction of sp³-hybridized carbons (Fsp3) is 0.500. The van der Waals surface area contributed by atoms with Gasteiger partial charge in [-0.05, 0) is 48.0 Å². The SMILES string of the molecule is CCNC(C)CCS(=O)(=O)c1ccccc1Br. The second-order valence-corrected chi connectivity index (χ2v) is 6.93. The van der Waals surface area contributed by atoms with Gasteiger partial charge in [0, 0.05) is 10.5 Å². The first-order valence-electron chi connectivity index (χ1n) is 5.68. The quantitative estimate of drug-likeness (QED) is 0.876. The molecule has 1 aromatic rings. The van der Waals surface area contributed by atoms with Gasteiger partial charge in [-0.1, -0.05) is 19.1 Å². The van der Waals surface area contributed by atoms with Crippen LogP contribution in [0.15, 0.2) is 33.6 Å². The Morgan fingerprint density at radius 3 is 2.59 bits per heavy atom. The lowest BCUT2D eigenvalue weighted by molar-refractivity contribution is 0.541. The van der Waals surface area contributed by atoms with Crippen molar-refractivity contribution in [1.29, 1.82) is 0 Å². The van der Waals surface area contributed by atoms with Gasteiger partial charge in [-0.3, -0.25) is 0 Å².